The van der Waals surface area contributed by atoms with E-state index in [-0.39, 0.29) is 4.90 Å². The summed E-state index contributed by atoms with van der Waals surface area (Å²) in [5.41, 5.74) is 0.514. The van der Waals surface area contributed by atoms with Crippen molar-refractivity contribution in [2.24, 2.45) is 0 Å². The molecule has 2 saturated heterocycles. The van der Waals surface area contributed by atoms with E-state index in [0.29, 0.717) is 17.5 Å². The van der Waals surface area contributed by atoms with Crippen molar-refractivity contribution in [1.29, 1.82) is 0 Å². The van der Waals surface area contributed by atoms with Gasteiger partial charge in [-0.2, -0.15) is 0 Å². The second-order valence-corrected chi connectivity index (χ2v) is 10.4. The Hall–Kier alpha value is -1.64. The number of nitrogens with zero attached hydrogens (tertiary/aromatic N) is 3. The van der Waals surface area contributed by atoms with Crippen LogP contribution in [0.3, 0.4) is 0 Å². The number of piperidine rings is 2. The minimum absolute atomic E-state index is 0.245. The van der Waals surface area contributed by atoms with Crippen molar-refractivity contribution >= 4 is 37.5 Å². The Morgan fingerprint density at radius 2 is 1.69 bits per heavy atom. The minimum atomic E-state index is -3.66. The summed E-state index contributed by atoms with van der Waals surface area (Å²) in [7, 11) is -3.66. The summed E-state index contributed by atoms with van der Waals surface area (Å²) in [4.78, 5) is 9.64. The lowest BCUT2D eigenvalue weighted by molar-refractivity contribution is 0.141. The predicted octanol–water partition coefficient (Wildman–Crippen LogP) is 4.10. The molecule has 2 aliphatic rings. The first-order valence-electron chi connectivity index (χ1n) is 10.3. The van der Waals surface area contributed by atoms with Gasteiger partial charge in [-0.05, 0) is 72.9 Å². The van der Waals surface area contributed by atoms with Gasteiger partial charge in [-0.25, -0.2) is 13.4 Å². The van der Waals surface area contributed by atoms with E-state index in [1.54, 1.807) is 42.6 Å². The molecule has 1 aromatic carbocycles. The van der Waals surface area contributed by atoms with Crippen molar-refractivity contribution in [3.05, 3.63) is 47.1 Å². The highest BCUT2D eigenvalue weighted by atomic mass is 79.9. The smallest absolute Gasteiger partial charge is 0.262 e. The summed E-state index contributed by atoms with van der Waals surface area (Å²) in [6, 6.07) is 10.9. The van der Waals surface area contributed by atoms with E-state index < -0.39 is 10.0 Å². The molecule has 1 aromatic heterocycles. The minimum Gasteiger partial charge on any atom is -0.355 e. The van der Waals surface area contributed by atoms with Crippen molar-refractivity contribution in [2.75, 3.05) is 35.8 Å². The summed E-state index contributed by atoms with van der Waals surface area (Å²) >= 11 is 3.42. The predicted molar refractivity (Wildman–Crippen MR) is 120 cm³/mol. The van der Waals surface area contributed by atoms with E-state index in [1.165, 1.54) is 32.4 Å². The number of hydrogen-bond acceptors (Lipinski definition) is 5. The summed E-state index contributed by atoms with van der Waals surface area (Å²) < 4.78 is 29.1. The average Bonchev–Trinajstić information content (AvgIpc) is 2.75. The third-order valence-electron chi connectivity index (χ3n) is 5.80. The molecule has 0 unspecified atom stereocenters. The number of anilines is 2. The van der Waals surface area contributed by atoms with Crippen LogP contribution in [0.25, 0.3) is 0 Å². The number of nitrogens with one attached hydrogen (secondary N) is 1. The first kappa shape index (κ1) is 20.6. The molecule has 2 aliphatic heterocycles. The van der Waals surface area contributed by atoms with Crippen molar-refractivity contribution in [3.63, 3.8) is 0 Å². The van der Waals surface area contributed by atoms with Gasteiger partial charge >= 0.3 is 0 Å². The number of likely N-dealkylation sites (tertiary alicyclic amines) is 1. The van der Waals surface area contributed by atoms with Gasteiger partial charge in [0.15, 0.2) is 5.82 Å². The van der Waals surface area contributed by atoms with Crippen LogP contribution in [-0.4, -0.2) is 50.5 Å². The van der Waals surface area contributed by atoms with E-state index >= 15 is 0 Å². The van der Waals surface area contributed by atoms with Crippen LogP contribution in [-0.2, 0) is 10.0 Å². The van der Waals surface area contributed by atoms with Crippen molar-refractivity contribution in [3.8, 4) is 0 Å². The lowest BCUT2D eigenvalue weighted by Crippen LogP contribution is -2.47. The Morgan fingerprint density at radius 3 is 2.38 bits per heavy atom. The highest BCUT2D eigenvalue weighted by Crippen LogP contribution is 2.32. The van der Waals surface area contributed by atoms with Crippen LogP contribution in [0.4, 0.5) is 11.5 Å². The molecule has 156 valence electrons. The summed E-state index contributed by atoms with van der Waals surface area (Å²) in [5.74, 6) is 0.699. The monoisotopic (exact) mass is 478 g/mol. The molecule has 0 radical (unpaired) electrons. The van der Waals surface area contributed by atoms with Crippen molar-refractivity contribution < 1.29 is 8.42 Å². The Kier molecular flexibility index (Phi) is 6.41. The molecule has 0 bridgehead atoms. The Labute approximate surface area is 181 Å². The number of aromatic nitrogens is 1. The number of halogens is 1. The van der Waals surface area contributed by atoms with Gasteiger partial charge < -0.3 is 9.80 Å². The third kappa shape index (κ3) is 4.92. The molecule has 4 rings (SSSR count). The largest absolute Gasteiger partial charge is 0.355 e. The van der Waals surface area contributed by atoms with Crippen LogP contribution in [0, 0.1) is 0 Å². The van der Waals surface area contributed by atoms with Crippen LogP contribution in [0.1, 0.15) is 32.1 Å². The quantitative estimate of drug-likeness (QED) is 0.700. The SMILES string of the molecule is O=S(=O)(Nc1cc(Br)cnc1N1CCC(N2CCCCC2)CC1)c1ccccc1. The van der Waals surface area contributed by atoms with Gasteiger partial charge in [0.2, 0.25) is 0 Å². The van der Waals surface area contributed by atoms with E-state index in [4.69, 9.17) is 0 Å². The zero-order valence-corrected chi connectivity index (χ0v) is 18.8. The lowest BCUT2D eigenvalue weighted by atomic mass is 10.00. The van der Waals surface area contributed by atoms with Crippen molar-refractivity contribution in [2.45, 2.75) is 43.0 Å². The van der Waals surface area contributed by atoms with Crippen LogP contribution >= 0.6 is 15.9 Å². The molecule has 0 aliphatic carbocycles. The molecule has 29 heavy (non-hydrogen) atoms. The normalized spacial score (nSPS) is 19.3. The highest BCUT2D eigenvalue weighted by molar-refractivity contribution is 9.10. The molecule has 3 heterocycles. The van der Waals surface area contributed by atoms with Crippen LogP contribution < -0.4 is 9.62 Å². The van der Waals surface area contributed by atoms with Crippen LogP contribution in [0.2, 0.25) is 0 Å². The maximum atomic E-state index is 12.8. The van der Waals surface area contributed by atoms with Gasteiger partial charge in [0.05, 0.1) is 10.6 Å². The number of sulfonamides is 1. The van der Waals surface area contributed by atoms with E-state index in [0.717, 1.165) is 30.4 Å². The number of hydrogen-bond donors (Lipinski definition) is 1. The molecule has 0 spiro atoms. The zero-order valence-electron chi connectivity index (χ0n) is 16.4. The van der Waals surface area contributed by atoms with Gasteiger partial charge in [-0.1, -0.05) is 24.6 Å². The molecular weight excluding hydrogens is 452 g/mol. The van der Waals surface area contributed by atoms with Gasteiger partial charge in [-0.15, -0.1) is 0 Å². The standard InChI is InChI=1S/C21H27BrN4O2S/c22-17-15-20(24-29(27,28)19-7-3-1-4-8-19)21(23-16-17)26-13-9-18(10-14-26)25-11-5-2-6-12-25/h1,3-4,7-8,15-16,18,24H,2,5-6,9-14H2. The fraction of sp³-hybridized carbons (Fsp3) is 0.476. The Balaban J connectivity index is 1.50. The Morgan fingerprint density at radius 1 is 1.00 bits per heavy atom. The summed E-state index contributed by atoms with van der Waals surface area (Å²) in [6.45, 7) is 4.19. The lowest BCUT2D eigenvalue weighted by Gasteiger charge is -2.40. The first-order chi connectivity index (χ1) is 14.0. The fourth-order valence-corrected chi connectivity index (χ4v) is 5.69. The summed E-state index contributed by atoms with van der Waals surface area (Å²) in [5, 5.41) is 0. The highest BCUT2D eigenvalue weighted by Gasteiger charge is 2.28. The first-order valence-corrected chi connectivity index (χ1v) is 12.5. The molecule has 2 fully saturated rings. The number of benzene rings is 1. The fourth-order valence-electron chi connectivity index (χ4n) is 4.29. The van der Waals surface area contributed by atoms with Crippen LogP contribution in [0.5, 0.6) is 0 Å². The van der Waals surface area contributed by atoms with Gasteiger partial charge in [-0.3, -0.25) is 4.72 Å². The maximum Gasteiger partial charge on any atom is 0.262 e. The Bertz CT molecular complexity index is 925. The van der Waals surface area contributed by atoms with E-state index in [9.17, 15) is 8.42 Å². The molecule has 6 nitrogen and oxygen atoms in total. The topological polar surface area (TPSA) is 65.5 Å². The zero-order chi connectivity index (χ0) is 20.3. The van der Waals surface area contributed by atoms with Gasteiger partial charge in [0.1, 0.15) is 0 Å². The molecule has 0 saturated carbocycles. The number of pyridine rings is 1. The van der Waals surface area contributed by atoms with Gasteiger partial charge in [0.25, 0.3) is 10.0 Å². The average molecular weight is 479 g/mol. The molecule has 2 aromatic rings. The maximum absolute atomic E-state index is 12.8. The summed E-state index contributed by atoms with van der Waals surface area (Å²) in [6.07, 6.45) is 7.86. The molecule has 1 N–H and O–H groups in total. The second kappa shape index (κ2) is 9.02. The van der Waals surface area contributed by atoms with Crippen molar-refractivity contribution in [1.82, 2.24) is 9.88 Å². The molecule has 0 amide bonds. The third-order valence-corrected chi connectivity index (χ3v) is 7.62. The molecule has 0 atom stereocenters. The second-order valence-electron chi connectivity index (χ2n) is 7.76. The van der Waals surface area contributed by atoms with E-state index in [1.807, 2.05) is 0 Å². The van der Waals surface area contributed by atoms with Gasteiger partial charge in [0, 0.05) is 29.8 Å². The molecule has 8 heteroatoms. The molecular formula is C21H27BrN4O2S. The van der Waals surface area contributed by atoms with E-state index in [2.05, 4.69) is 35.4 Å². The number of rotatable bonds is 5. The van der Waals surface area contributed by atoms with Crippen LogP contribution in [0.15, 0.2) is 52.0 Å².